The van der Waals surface area contributed by atoms with E-state index in [1.165, 1.54) is 13.2 Å². The molecular formula is C12H16F2N2O2. The third-order valence-corrected chi connectivity index (χ3v) is 2.38. The Morgan fingerprint density at radius 1 is 1.50 bits per heavy atom. The van der Waals surface area contributed by atoms with Gasteiger partial charge in [0.25, 0.3) is 0 Å². The maximum atomic E-state index is 13.3. The molecule has 0 aromatic heterocycles. The number of carbonyl (C=O) groups is 1. The van der Waals surface area contributed by atoms with E-state index in [0.717, 1.165) is 12.1 Å². The molecule has 1 rings (SSSR count). The van der Waals surface area contributed by atoms with Crippen molar-refractivity contribution in [3.8, 4) is 0 Å². The van der Waals surface area contributed by atoms with Gasteiger partial charge in [0.1, 0.15) is 11.6 Å². The Morgan fingerprint density at radius 2 is 2.22 bits per heavy atom. The Morgan fingerprint density at radius 3 is 2.78 bits per heavy atom. The van der Waals surface area contributed by atoms with Gasteiger partial charge >= 0.3 is 0 Å². The van der Waals surface area contributed by atoms with E-state index in [-0.39, 0.29) is 37.1 Å². The second-order valence-electron chi connectivity index (χ2n) is 3.87. The van der Waals surface area contributed by atoms with Gasteiger partial charge in [0.2, 0.25) is 5.91 Å². The fourth-order valence-electron chi connectivity index (χ4n) is 1.49. The van der Waals surface area contributed by atoms with Crippen LogP contribution in [-0.2, 0) is 16.0 Å². The predicted molar refractivity (Wildman–Crippen MR) is 62.9 cm³/mol. The lowest BCUT2D eigenvalue weighted by molar-refractivity contribution is -0.121. The van der Waals surface area contributed by atoms with Gasteiger partial charge in [0.05, 0.1) is 19.1 Å². The van der Waals surface area contributed by atoms with Crippen molar-refractivity contribution in [2.75, 3.05) is 20.3 Å². The summed E-state index contributed by atoms with van der Waals surface area (Å²) < 4.78 is 30.9. The molecule has 0 bridgehead atoms. The maximum absolute atomic E-state index is 13.3. The molecule has 3 N–H and O–H groups in total. The average molecular weight is 258 g/mol. The summed E-state index contributed by atoms with van der Waals surface area (Å²) in [6.07, 6.45) is -0.160. The summed E-state index contributed by atoms with van der Waals surface area (Å²) in [4.78, 5) is 11.6. The lowest BCUT2D eigenvalue weighted by Crippen LogP contribution is -2.43. The monoisotopic (exact) mass is 258 g/mol. The van der Waals surface area contributed by atoms with E-state index in [9.17, 15) is 13.6 Å². The molecule has 0 aliphatic heterocycles. The smallest absolute Gasteiger partial charge is 0.224 e. The number of amides is 1. The highest BCUT2D eigenvalue weighted by atomic mass is 19.1. The molecule has 0 aliphatic rings. The zero-order chi connectivity index (χ0) is 13.5. The van der Waals surface area contributed by atoms with Gasteiger partial charge in [0, 0.05) is 19.7 Å². The summed E-state index contributed by atoms with van der Waals surface area (Å²) in [5.74, 6) is -1.79. The Kier molecular flexibility index (Phi) is 5.67. The van der Waals surface area contributed by atoms with Gasteiger partial charge in [-0.3, -0.25) is 4.79 Å². The molecule has 18 heavy (non-hydrogen) atoms. The Labute approximate surface area is 104 Å². The summed E-state index contributed by atoms with van der Waals surface area (Å²) >= 11 is 0. The van der Waals surface area contributed by atoms with Crippen LogP contribution in [0.1, 0.15) is 5.56 Å². The van der Waals surface area contributed by atoms with Crippen LogP contribution in [0.3, 0.4) is 0 Å². The molecular weight excluding hydrogens is 242 g/mol. The van der Waals surface area contributed by atoms with Crippen LogP contribution in [0.2, 0.25) is 0 Å². The summed E-state index contributed by atoms with van der Waals surface area (Å²) in [7, 11) is 1.49. The van der Waals surface area contributed by atoms with Gasteiger partial charge < -0.3 is 15.8 Å². The standard InChI is InChI=1S/C12H16F2N2O2/c1-18-7-10(6-15)16-12(17)4-8-2-3-9(13)5-11(8)14/h2-3,5,10H,4,6-7,15H2,1H3,(H,16,17). The van der Waals surface area contributed by atoms with Crippen molar-refractivity contribution in [2.45, 2.75) is 12.5 Å². The first-order chi connectivity index (χ1) is 8.56. The number of nitrogens with two attached hydrogens (primary N) is 1. The summed E-state index contributed by atoms with van der Waals surface area (Å²) in [6, 6.07) is 2.79. The van der Waals surface area contributed by atoms with Crippen molar-refractivity contribution in [3.05, 3.63) is 35.4 Å². The molecule has 0 saturated heterocycles. The number of methoxy groups -OCH3 is 1. The third kappa shape index (κ3) is 4.38. The van der Waals surface area contributed by atoms with Crippen molar-refractivity contribution < 1.29 is 18.3 Å². The Balaban J connectivity index is 2.58. The van der Waals surface area contributed by atoms with Crippen LogP contribution < -0.4 is 11.1 Å². The lowest BCUT2D eigenvalue weighted by atomic mass is 10.1. The fourth-order valence-corrected chi connectivity index (χ4v) is 1.49. The van der Waals surface area contributed by atoms with E-state index in [4.69, 9.17) is 10.5 Å². The van der Waals surface area contributed by atoms with Crippen LogP contribution in [0.25, 0.3) is 0 Å². The molecule has 0 fully saturated rings. The molecule has 0 heterocycles. The highest BCUT2D eigenvalue weighted by molar-refractivity contribution is 5.78. The van der Waals surface area contributed by atoms with Crippen LogP contribution in [0.5, 0.6) is 0 Å². The minimum atomic E-state index is -0.735. The van der Waals surface area contributed by atoms with Crippen molar-refractivity contribution in [1.29, 1.82) is 0 Å². The average Bonchev–Trinajstić information content (AvgIpc) is 2.32. The minimum Gasteiger partial charge on any atom is -0.383 e. The van der Waals surface area contributed by atoms with Gasteiger partial charge in [-0.2, -0.15) is 0 Å². The number of halogens is 2. The van der Waals surface area contributed by atoms with Gasteiger partial charge in [-0.15, -0.1) is 0 Å². The molecule has 0 aliphatic carbocycles. The first-order valence-electron chi connectivity index (χ1n) is 5.49. The molecule has 1 aromatic rings. The fraction of sp³-hybridized carbons (Fsp3) is 0.417. The number of carbonyl (C=O) groups excluding carboxylic acids is 1. The number of hydrogen-bond acceptors (Lipinski definition) is 3. The maximum Gasteiger partial charge on any atom is 0.224 e. The van der Waals surface area contributed by atoms with E-state index in [1.54, 1.807) is 0 Å². The molecule has 1 atom stereocenters. The molecule has 1 amide bonds. The van der Waals surface area contributed by atoms with Gasteiger partial charge in [-0.05, 0) is 11.6 Å². The molecule has 1 aromatic carbocycles. The zero-order valence-electron chi connectivity index (χ0n) is 10.1. The number of hydrogen-bond donors (Lipinski definition) is 2. The van der Waals surface area contributed by atoms with Crippen LogP contribution in [0, 0.1) is 11.6 Å². The molecule has 4 nitrogen and oxygen atoms in total. The third-order valence-electron chi connectivity index (χ3n) is 2.38. The second kappa shape index (κ2) is 7.03. The Bertz CT molecular complexity index is 413. The van der Waals surface area contributed by atoms with E-state index in [2.05, 4.69) is 5.32 Å². The first kappa shape index (κ1) is 14.5. The largest absolute Gasteiger partial charge is 0.383 e. The number of benzene rings is 1. The van der Waals surface area contributed by atoms with Gasteiger partial charge in [-0.1, -0.05) is 6.07 Å². The number of nitrogens with one attached hydrogen (secondary N) is 1. The number of rotatable bonds is 6. The van der Waals surface area contributed by atoms with Gasteiger partial charge in [0.15, 0.2) is 0 Å². The van der Waals surface area contributed by atoms with Crippen LogP contribution in [-0.4, -0.2) is 32.2 Å². The van der Waals surface area contributed by atoms with Crippen molar-refractivity contribution in [1.82, 2.24) is 5.32 Å². The normalized spacial score (nSPS) is 12.2. The molecule has 0 saturated carbocycles. The van der Waals surface area contributed by atoms with Crippen molar-refractivity contribution >= 4 is 5.91 Å². The molecule has 6 heteroatoms. The molecule has 0 spiro atoms. The predicted octanol–water partition coefficient (Wildman–Crippen LogP) is 0.597. The SMILES string of the molecule is COCC(CN)NC(=O)Cc1ccc(F)cc1F. The second-order valence-corrected chi connectivity index (χ2v) is 3.87. The highest BCUT2D eigenvalue weighted by Gasteiger charge is 2.13. The topological polar surface area (TPSA) is 64.3 Å². The molecule has 0 radical (unpaired) electrons. The minimum absolute atomic E-state index is 0.141. The Hall–Kier alpha value is -1.53. The summed E-state index contributed by atoms with van der Waals surface area (Å²) in [5.41, 5.74) is 5.57. The van der Waals surface area contributed by atoms with Crippen molar-refractivity contribution in [2.24, 2.45) is 5.73 Å². The summed E-state index contributed by atoms with van der Waals surface area (Å²) in [6.45, 7) is 0.514. The van der Waals surface area contributed by atoms with E-state index in [1.807, 2.05) is 0 Å². The van der Waals surface area contributed by atoms with E-state index < -0.39 is 11.6 Å². The van der Waals surface area contributed by atoms with E-state index in [0.29, 0.717) is 0 Å². The van der Waals surface area contributed by atoms with Crippen molar-refractivity contribution in [3.63, 3.8) is 0 Å². The first-order valence-corrected chi connectivity index (χ1v) is 5.49. The zero-order valence-corrected chi connectivity index (χ0v) is 10.1. The van der Waals surface area contributed by atoms with Crippen LogP contribution >= 0.6 is 0 Å². The molecule has 1 unspecified atom stereocenters. The summed E-state index contributed by atoms with van der Waals surface area (Å²) in [5, 5.41) is 2.61. The molecule has 100 valence electrons. The van der Waals surface area contributed by atoms with E-state index >= 15 is 0 Å². The van der Waals surface area contributed by atoms with Crippen LogP contribution in [0.4, 0.5) is 8.78 Å². The quantitative estimate of drug-likeness (QED) is 0.785. The van der Waals surface area contributed by atoms with Crippen LogP contribution in [0.15, 0.2) is 18.2 Å². The highest BCUT2D eigenvalue weighted by Crippen LogP contribution is 2.10. The number of ether oxygens (including phenoxy) is 1. The van der Waals surface area contributed by atoms with Gasteiger partial charge in [-0.25, -0.2) is 8.78 Å². The lowest BCUT2D eigenvalue weighted by Gasteiger charge is -2.15.